The Balaban J connectivity index is 2.26. The van der Waals surface area contributed by atoms with Crippen LogP contribution in [0.25, 0.3) is 10.9 Å². The number of unbranched alkanes of at least 4 members (excludes halogenated alkanes) is 2. The summed E-state index contributed by atoms with van der Waals surface area (Å²) in [6.07, 6.45) is 4.48. The Morgan fingerprint density at radius 3 is 3.06 bits per heavy atom. The molecule has 4 heteroatoms. The number of fused-ring (bicyclic) bond motifs is 1. The number of rotatable bonds is 7. The van der Waals surface area contributed by atoms with Gasteiger partial charge in [0.25, 0.3) is 0 Å². The molecule has 2 aromatic rings. The molecule has 0 aliphatic heterocycles. The molecular formula is C14H18ClN3. The maximum Gasteiger partial charge on any atom is 0.160 e. The Morgan fingerprint density at radius 2 is 2.22 bits per heavy atom. The number of nitrogens with one attached hydrogen (secondary N) is 1. The normalized spacial score (nSPS) is 12.1. The standard InChI is InChI=1S/C14H18ClN3/c15-8-4-1-5-9-17-14-11-6-2-3-7-13(11)18-10-12(14)16/h2-3,6-7,10H,1,4-5,8-9,16H2,(H,17,18)/i/hD2. The number of nitrogens with two attached hydrogens (primary N) is 1. The number of hydrogen-bond acceptors (Lipinski definition) is 3. The third kappa shape index (κ3) is 3.05. The first-order valence-corrected chi connectivity index (χ1v) is 6.69. The first-order valence-electron chi connectivity index (χ1n) is 7.10. The van der Waals surface area contributed by atoms with Crippen LogP contribution < -0.4 is 11.0 Å². The van der Waals surface area contributed by atoms with Crippen molar-refractivity contribution in [1.29, 1.82) is 0 Å². The van der Waals surface area contributed by atoms with Gasteiger partial charge in [0.1, 0.15) is 0 Å². The fraction of sp³-hybridized carbons (Fsp3) is 0.357. The van der Waals surface area contributed by atoms with Gasteiger partial charge in [0.15, 0.2) is 2.82 Å². The molecule has 1 heterocycles. The molecule has 0 aliphatic rings. The summed E-state index contributed by atoms with van der Waals surface area (Å²) >= 11 is 5.66. The van der Waals surface area contributed by atoms with E-state index in [1.54, 1.807) is 6.20 Å². The van der Waals surface area contributed by atoms with Crippen LogP contribution in [0.15, 0.2) is 30.5 Å². The molecule has 0 bridgehead atoms. The molecule has 3 N–H and O–H groups in total. The fourth-order valence-electron chi connectivity index (χ4n) is 1.87. The Bertz CT molecular complexity index is 565. The van der Waals surface area contributed by atoms with Gasteiger partial charge in [-0.05, 0) is 18.9 Å². The summed E-state index contributed by atoms with van der Waals surface area (Å²) in [6.45, 7) is 0.611. The van der Waals surface area contributed by atoms with Gasteiger partial charge in [-0.2, -0.15) is 0 Å². The van der Waals surface area contributed by atoms with Gasteiger partial charge in [-0.25, -0.2) is 0 Å². The molecule has 96 valence electrons. The van der Waals surface area contributed by atoms with Crippen molar-refractivity contribution in [2.75, 3.05) is 23.5 Å². The number of anilines is 2. The van der Waals surface area contributed by atoms with Gasteiger partial charge >= 0.3 is 0 Å². The van der Waals surface area contributed by atoms with E-state index in [1.807, 2.05) is 24.3 Å². The lowest BCUT2D eigenvalue weighted by Crippen LogP contribution is -2.05. The average molecular weight is 266 g/mol. The zero-order valence-corrected chi connectivity index (χ0v) is 11.0. The van der Waals surface area contributed by atoms with Gasteiger partial charge in [-0.1, -0.05) is 24.6 Å². The number of nitrogen functional groups attached to an aromatic ring is 1. The Hall–Kier alpha value is -1.48. The summed E-state index contributed by atoms with van der Waals surface area (Å²) < 4.78 is 15.6. The number of benzene rings is 1. The maximum absolute atomic E-state index is 8.22. The lowest BCUT2D eigenvalue weighted by Gasteiger charge is -2.11. The first kappa shape index (κ1) is 10.4. The minimum Gasteiger partial charge on any atom is -0.396 e. The summed E-state index contributed by atoms with van der Waals surface area (Å²) in [5, 5.41) is 2.33. The molecule has 1 aromatic carbocycles. The minimum atomic E-state index is 0.552. The lowest BCUT2D eigenvalue weighted by molar-refractivity contribution is 0.748. The molecule has 3 nitrogen and oxygen atoms in total. The van der Waals surface area contributed by atoms with E-state index in [0.29, 0.717) is 23.8 Å². The molecule has 0 saturated heterocycles. The molecule has 0 amide bonds. The minimum absolute atomic E-state index is 0.552. The number of halogens is 1. The molecule has 0 fully saturated rings. The van der Waals surface area contributed by atoms with Crippen molar-refractivity contribution in [3.63, 3.8) is 0 Å². The van der Waals surface area contributed by atoms with Gasteiger partial charge < -0.3 is 11.0 Å². The van der Waals surface area contributed by atoms with E-state index in [0.717, 1.165) is 30.2 Å². The Labute approximate surface area is 115 Å². The number of para-hydroxylation sites is 1. The molecule has 0 spiro atoms. The zero-order chi connectivity index (χ0) is 14.4. The summed E-state index contributed by atoms with van der Waals surface area (Å²) in [7, 11) is 0. The van der Waals surface area contributed by atoms with Crippen LogP contribution in [0.4, 0.5) is 11.4 Å². The third-order valence-corrected chi connectivity index (χ3v) is 3.08. The molecule has 0 atom stereocenters. The van der Waals surface area contributed by atoms with Crippen LogP contribution >= 0.6 is 11.6 Å². The van der Waals surface area contributed by atoms with Gasteiger partial charge in [-0.3, -0.25) is 4.98 Å². The summed E-state index contributed by atoms with van der Waals surface area (Å²) in [6, 6.07) is 7.68. The van der Waals surface area contributed by atoms with Crippen molar-refractivity contribution in [3.8, 4) is 0 Å². The second-order valence-electron chi connectivity index (χ2n) is 4.17. The predicted octanol–water partition coefficient (Wildman–Crippen LogP) is 3.64. The van der Waals surface area contributed by atoms with Crippen molar-refractivity contribution in [1.82, 2.24) is 4.98 Å². The number of hydrogen-bond donors (Lipinski definition) is 2. The van der Waals surface area contributed by atoms with Gasteiger partial charge in [0.2, 0.25) is 0 Å². The first-order chi connectivity index (χ1) is 9.77. The number of nitrogens with zero attached hydrogens (tertiary/aromatic N) is 1. The van der Waals surface area contributed by atoms with Gasteiger partial charge in [-0.15, -0.1) is 11.6 Å². The largest absolute Gasteiger partial charge is 0.396 e. The van der Waals surface area contributed by atoms with E-state index < -0.39 is 0 Å². The van der Waals surface area contributed by atoms with E-state index in [9.17, 15) is 0 Å². The summed E-state index contributed by atoms with van der Waals surface area (Å²) in [5.74, 6) is 0.662. The lowest BCUT2D eigenvalue weighted by atomic mass is 10.1. The quantitative estimate of drug-likeness (QED) is 0.594. The second kappa shape index (κ2) is 6.45. The summed E-state index contributed by atoms with van der Waals surface area (Å²) in [5.41, 5.74) is 4.46. The highest BCUT2D eigenvalue weighted by molar-refractivity contribution is 6.17. The number of pyridine rings is 1. The van der Waals surface area contributed by atoms with Crippen LogP contribution in [0.5, 0.6) is 0 Å². The van der Waals surface area contributed by atoms with Crippen molar-refractivity contribution in [3.05, 3.63) is 30.5 Å². The van der Waals surface area contributed by atoms with Crippen LogP contribution in [0, 0.1) is 0 Å². The third-order valence-electron chi connectivity index (χ3n) is 2.81. The molecule has 0 radical (unpaired) electrons. The molecular weight excluding hydrogens is 246 g/mol. The molecule has 1 aromatic heterocycles. The molecule has 2 rings (SSSR count). The average Bonchev–Trinajstić information content (AvgIpc) is 2.50. The fourth-order valence-corrected chi connectivity index (χ4v) is 2.06. The predicted molar refractivity (Wildman–Crippen MR) is 79.2 cm³/mol. The molecule has 0 saturated carbocycles. The van der Waals surface area contributed by atoms with Crippen LogP contribution in [-0.2, 0) is 0 Å². The topological polar surface area (TPSA) is 50.9 Å². The van der Waals surface area contributed by atoms with Crippen LogP contribution in [0.1, 0.15) is 19.3 Å². The highest BCUT2D eigenvalue weighted by Crippen LogP contribution is 2.27. The highest BCUT2D eigenvalue weighted by Gasteiger charge is 2.05. The zero-order valence-electron chi connectivity index (χ0n) is 12.2. The van der Waals surface area contributed by atoms with E-state index in [4.69, 9.17) is 14.4 Å². The van der Waals surface area contributed by atoms with Crippen molar-refractivity contribution >= 4 is 33.9 Å². The van der Waals surface area contributed by atoms with Gasteiger partial charge in [0.05, 0.1) is 23.1 Å². The Kier molecular flexibility index (Phi) is 3.74. The number of alkyl halides is 1. The van der Waals surface area contributed by atoms with Crippen LogP contribution in [0.3, 0.4) is 0 Å². The maximum atomic E-state index is 8.22. The van der Waals surface area contributed by atoms with Crippen molar-refractivity contribution in [2.24, 2.45) is 0 Å². The molecule has 0 aliphatic carbocycles. The molecule has 0 unspecified atom stereocenters. The van der Waals surface area contributed by atoms with Gasteiger partial charge in [0, 0.05) is 17.8 Å². The number of aromatic nitrogens is 1. The Morgan fingerprint density at radius 1 is 1.33 bits per heavy atom. The summed E-state index contributed by atoms with van der Waals surface area (Å²) in [4.78, 5) is 4.29. The molecule has 18 heavy (non-hydrogen) atoms. The van der Waals surface area contributed by atoms with Crippen molar-refractivity contribution < 1.29 is 2.82 Å². The van der Waals surface area contributed by atoms with E-state index >= 15 is 0 Å². The van der Waals surface area contributed by atoms with E-state index in [2.05, 4.69) is 10.7 Å². The smallest absolute Gasteiger partial charge is 0.160 e. The van der Waals surface area contributed by atoms with Crippen LogP contribution in [-0.4, -0.2) is 17.4 Å². The van der Waals surface area contributed by atoms with E-state index in [-0.39, 0.29) is 0 Å². The van der Waals surface area contributed by atoms with Crippen molar-refractivity contribution in [2.45, 2.75) is 19.3 Å². The SMILES string of the molecule is [2H]Nc1cnc2ccccc2c1N([2H])CCCCCCl. The highest BCUT2D eigenvalue weighted by atomic mass is 35.5. The van der Waals surface area contributed by atoms with Crippen LogP contribution in [0.2, 0.25) is 2.82 Å². The monoisotopic (exact) mass is 265 g/mol. The van der Waals surface area contributed by atoms with E-state index in [1.165, 1.54) is 5.31 Å². The second-order valence-corrected chi connectivity index (χ2v) is 4.55.